The third-order valence-electron chi connectivity index (χ3n) is 3.03. The second kappa shape index (κ2) is 10.7. The molecule has 0 bridgehead atoms. The fourth-order valence-corrected chi connectivity index (χ4v) is 1.72. The van der Waals surface area contributed by atoms with E-state index in [1.165, 1.54) is 11.1 Å². The fourth-order valence-electron chi connectivity index (χ4n) is 1.72. The monoisotopic (exact) mass is 387 g/mol. The predicted octanol–water partition coefficient (Wildman–Crippen LogP) is 5.75. The Bertz CT molecular complexity index is 525. The van der Waals surface area contributed by atoms with E-state index < -0.39 is 23.1 Å². The van der Waals surface area contributed by atoms with E-state index in [4.69, 9.17) is 6.10 Å². The summed E-state index contributed by atoms with van der Waals surface area (Å²) in [5.41, 5.74) is 3.02. The quantitative estimate of drug-likeness (QED) is 0.574. The molecule has 0 aromatic heterocycles. The van der Waals surface area contributed by atoms with Gasteiger partial charge < -0.3 is 0 Å². The van der Waals surface area contributed by atoms with Gasteiger partial charge in [-0.15, -0.1) is 0 Å². The molecule has 0 radical (unpaired) electrons. The van der Waals surface area contributed by atoms with Crippen molar-refractivity contribution in [3.63, 3.8) is 0 Å². The van der Waals surface area contributed by atoms with Crippen molar-refractivity contribution in [1.29, 1.82) is 3.29 Å². The molecule has 23 heavy (non-hydrogen) atoms. The van der Waals surface area contributed by atoms with Gasteiger partial charge in [0, 0.05) is 0 Å². The van der Waals surface area contributed by atoms with Crippen LogP contribution in [0, 0.1) is 15.4 Å². The Morgan fingerprint density at radius 2 is 1.09 bits per heavy atom. The first kappa shape index (κ1) is 21.9. The number of nitrogens with one attached hydrogen (secondary N) is 1. The van der Waals surface area contributed by atoms with Crippen LogP contribution >= 0.6 is 0 Å². The molecule has 1 N–H and O–H groups in total. The maximum absolute atomic E-state index is 8.77. The average molecular weight is 389 g/mol. The van der Waals surface area contributed by atoms with Gasteiger partial charge in [0.15, 0.2) is 0 Å². The summed E-state index contributed by atoms with van der Waals surface area (Å²) in [5.74, 6) is 0. The molecule has 0 heterocycles. The topological polar surface area (TPSA) is 40.9 Å². The van der Waals surface area contributed by atoms with Gasteiger partial charge in [0.2, 0.25) is 0 Å². The molecule has 0 saturated carbocycles. The maximum atomic E-state index is 8.77. The standard InChI is InChI=1S/2C10H13.HN.O.Zr/c2*1-10(2,3)9-7-5-4-6-8-9;;;/h2*4-7H,1-3H3;1H;;/q2*-1;;;. The average Bonchev–Trinajstić information content (AvgIpc) is 2.49. The molecule has 0 spiro atoms. The molecular formula is C20H27NOZr-2. The molecule has 0 unspecified atom stereocenters. The van der Waals surface area contributed by atoms with Crippen LogP contribution in [0.25, 0.3) is 0 Å². The zero-order valence-corrected chi connectivity index (χ0v) is 17.5. The van der Waals surface area contributed by atoms with Crippen LogP contribution in [0.3, 0.4) is 0 Å². The van der Waals surface area contributed by atoms with Crippen molar-refractivity contribution in [2.24, 2.45) is 0 Å². The van der Waals surface area contributed by atoms with Gasteiger partial charge in [-0.2, -0.15) is 71.8 Å². The van der Waals surface area contributed by atoms with Crippen molar-refractivity contribution in [2.75, 3.05) is 0 Å². The molecule has 0 atom stereocenters. The van der Waals surface area contributed by atoms with E-state index in [0.717, 1.165) is 0 Å². The molecule has 2 rings (SSSR count). The molecule has 0 amide bonds. The van der Waals surface area contributed by atoms with Gasteiger partial charge in [0.1, 0.15) is 0 Å². The van der Waals surface area contributed by atoms with Gasteiger partial charge >= 0.3 is 29.2 Å². The first-order valence-corrected chi connectivity index (χ1v) is 9.84. The van der Waals surface area contributed by atoms with Crippen molar-refractivity contribution in [1.82, 2.24) is 0 Å². The van der Waals surface area contributed by atoms with Crippen LogP contribution in [0.2, 0.25) is 0 Å². The fraction of sp³-hybridized carbons (Fsp3) is 0.400. The molecule has 2 nitrogen and oxygen atoms in total. The first-order chi connectivity index (χ1) is 10.6. The summed E-state index contributed by atoms with van der Waals surface area (Å²) in [6.45, 7) is 13.2. The molecule has 3 heteroatoms. The van der Waals surface area contributed by atoms with E-state index in [2.05, 4.69) is 77.9 Å². The van der Waals surface area contributed by atoms with Gasteiger partial charge in [-0.1, -0.05) is 41.5 Å². The molecule has 0 aliphatic rings. The summed E-state index contributed by atoms with van der Waals surface area (Å²) in [6, 6.07) is 22.7. The van der Waals surface area contributed by atoms with Crippen LogP contribution < -0.4 is 0 Å². The van der Waals surface area contributed by atoms with Crippen molar-refractivity contribution in [2.45, 2.75) is 52.4 Å². The minimum atomic E-state index is -1.77. The van der Waals surface area contributed by atoms with E-state index in [9.17, 15) is 0 Å². The zero-order valence-electron chi connectivity index (χ0n) is 15.0. The SMILES string of the molecule is CC(C)(C)c1[c-]cccc1.CC(C)(C)c1[c-]cccc1.[NH]=[Zr]=[O]. The third-order valence-corrected chi connectivity index (χ3v) is 3.03. The molecule has 0 aliphatic heterocycles. The van der Waals surface area contributed by atoms with E-state index >= 15 is 0 Å². The second-order valence-electron chi connectivity index (χ2n) is 7.15. The van der Waals surface area contributed by atoms with Crippen LogP contribution in [0.15, 0.2) is 48.5 Å². The van der Waals surface area contributed by atoms with Crippen LogP contribution in [0.1, 0.15) is 52.7 Å². The molecular weight excluding hydrogens is 361 g/mol. The second-order valence-corrected chi connectivity index (χ2v) is 7.66. The van der Waals surface area contributed by atoms with Crippen molar-refractivity contribution < 1.29 is 25.9 Å². The van der Waals surface area contributed by atoms with Gasteiger partial charge in [0.05, 0.1) is 0 Å². The van der Waals surface area contributed by atoms with E-state index in [0.29, 0.717) is 0 Å². The summed E-state index contributed by atoms with van der Waals surface area (Å²) in [4.78, 5) is 0. The normalized spacial score (nSPS) is 10.3. The Hall–Kier alpha value is -1.08. The Morgan fingerprint density at radius 3 is 1.22 bits per heavy atom. The van der Waals surface area contributed by atoms with E-state index in [1.54, 1.807) is 0 Å². The van der Waals surface area contributed by atoms with Crippen LogP contribution in [0.5, 0.6) is 0 Å². The first-order valence-electron chi connectivity index (χ1n) is 7.61. The molecule has 0 aliphatic carbocycles. The summed E-state index contributed by atoms with van der Waals surface area (Å²) in [5, 5.41) is 0. The van der Waals surface area contributed by atoms with Crippen molar-refractivity contribution >= 4 is 0 Å². The molecule has 0 saturated heterocycles. The number of hydrogen-bond acceptors (Lipinski definition) is 2. The van der Waals surface area contributed by atoms with Crippen molar-refractivity contribution in [3.8, 4) is 0 Å². The zero-order chi connectivity index (χ0) is 17.9. The molecule has 2 aromatic rings. The molecule has 124 valence electrons. The van der Waals surface area contributed by atoms with E-state index in [1.807, 2.05) is 24.3 Å². The van der Waals surface area contributed by atoms with Gasteiger partial charge in [-0.25, -0.2) is 0 Å². The summed E-state index contributed by atoms with van der Waals surface area (Å²) in [7, 11) is 0. The van der Waals surface area contributed by atoms with Crippen LogP contribution in [-0.2, 0) is 36.7 Å². The Kier molecular flexibility index (Phi) is 10.2. The minimum absolute atomic E-state index is 0.237. The summed E-state index contributed by atoms with van der Waals surface area (Å²) in [6.07, 6.45) is 0. The van der Waals surface area contributed by atoms with Crippen molar-refractivity contribution in [3.05, 3.63) is 71.8 Å². The van der Waals surface area contributed by atoms with Crippen LogP contribution in [0.4, 0.5) is 0 Å². The third kappa shape index (κ3) is 10.3. The van der Waals surface area contributed by atoms with E-state index in [-0.39, 0.29) is 10.8 Å². The van der Waals surface area contributed by atoms with Gasteiger partial charge in [-0.05, 0) is 10.8 Å². The summed E-state index contributed by atoms with van der Waals surface area (Å²) < 4.78 is 14.6. The number of benzene rings is 2. The summed E-state index contributed by atoms with van der Waals surface area (Å²) >= 11 is -1.77. The Balaban J connectivity index is 0.000000360. The Labute approximate surface area is 153 Å². The predicted molar refractivity (Wildman–Crippen MR) is 91.4 cm³/mol. The van der Waals surface area contributed by atoms with Gasteiger partial charge in [0.25, 0.3) is 0 Å². The Morgan fingerprint density at radius 1 is 0.783 bits per heavy atom. The number of hydrogen-bond donors (Lipinski definition) is 1. The molecule has 2 aromatic carbocycles. The van der Waals surface area contributed by atoms with Gasteiger partial charge in [-0.3, -0.25) is 0 Å². The molecule has 0 fully saturated rings. The van der Waals surface area contributed by atoms with Crippen LogP contribution in [-0.4, -0.2) is 0 Å². The number of rotatable bonds is 0.